The molecule has 1 aliphatic rings. The number of hydrogen-bond donors (Lipinski definition) is 1. The molecule has 0 aromatic rings. The topological polar surface area (TPSA) is 64.6 Å². The molecule has 0 aromatic heterocycles. The van der Waals surface area contributed by atoms with E-state index in [-0.39, 0.29) is 22.3 Å². The third-order valence-corrected chi connectivity index (χ3v) is 6.12. The molecule has 2 atom stereocenters. The molecule has 1 amide bonds. The number of amides is 1. The molecule has 0 aromatic carbocycles. The predicted molar refractivity (Wildman–Crippen MR) is 95.6 cm³/mol. The van der Waals surface area contributed by atoms with Crippen LogP contribution in [-0.2, 0) is 16.1 Å². The first-order valence-electron chi connectivity index (χ1n) is 8.41. The fraction of sp³-hybridized carbons (Fsp3) is 0.941. The number of carbonyl (C=O) groups is 1. The van der Waals surface area contributed by atoms with Crippen molar-refractivity contribution >= 4 is 17.5 Å². The average Bonchev–Trinajstić information content (AvgIpc) is 2.36. The van der Waals surface area contributed by atoms with Crippen LogP contribution in [0.3, 0.4) is 0 Å². The number of hydrogen-bond acceptors (Lipinski definition) is 4. The van der Waals surface area contributed by atoms with E-state index in [1.807, 2.05) is 41.5 Å². The summed E-state index contributed by atoms with van der Waals surface area (Å²) in [6.07, 6.45) is 1.52. The molecule has 1 rings (SSSR count). The third-order valence-electron chi connectivity index (χ3n) is 4.44. The van der Waals surface area contributed by atoms with E-state index in [1.165, 1.54) is 0 Å². The van der Waals surface area contributed by atoms with E-state index in [2.05, 4.69) is 18.6 Å². The van der Waals surface area contributed by atoms with Crippen LogP contribution < -0.4 is 4.72 Å². The minimum atomic E-state index is -1.08. The lowest BCUT2D eigenvalue weighted by Gasteiger charge is -2.43. The number of piperidine rings is 1. The van der Waals surface area contributed by atoms with E-state index in [0.717, 1.165) is 12.8 Å². The molecule has 0 saturated carbocycles. The fourth-order valence-electron chi connectivity index (χ4n) is 2.44. The Balaban J connectivity index is 2.57. The summed E-state index contributed by atoms with van der Waals surface area (Å²) in [5.41, 5.74) is -0.435. The van der Waals surface area contributed by atoms with E-state index >= 15 is 0 Å². The van der Waals surface area contributed by atoms with Gasteiger partial charge in [0.15, 0.2) is 0 Å². The molecule has 0 spiro atoms. The van der Waals surface area contributed by atoms with Crippen molar-refractivity contribution in [2.45, 2.75) is 84.6 Å². The third kappa shape index (κ3) is 6.16. The van der Waals surface area contributed by atoms with Crippen LogP contribution in [0.15, 0.2) is 0 Å². The molecule has 0 bridgehead atoms. The lowest BCUT2D eigenvalue weighted by molar-refractivity contribution is 0.00900. The summed E-state index contributed by atoms with van der Waals surface area (Å²) >= 11 is -1.08. The minimum Gasteiger partial charge on any atom is -0.598 e. The Morgan fingerprint density at radius 3 is 2.09 bits per heavy atom. The van der Waals surface area contributed by atoms with Crippen molar-refractivity contribution < 1.29 is 14.1 Å². The fourth-order valence-corrected chi connectivity index (χ4v) is 3.40. The lowest BCUT2D eigenvalue weighted by Crippen LogP contribution is -2.54. The highest BCUT2D eigenvalue weighted by atomic mass is 32.2. The number of ether oxygens (including phenoxy) is 1. The van der Waals surface area contributed by atoms with Crippen molar-refractivity contribution in [3.63, 3.8) is 0 Å². The molecular formula is C17H34N2O3S. The second-order valence-electron chi connectivity index (χ2n) is 8.84. The number of rotatable bonds is 3. The quantitative estimate of drug-likeness (QED) is 0.795. The van der Waals surface area contributed by atoms with Gasteiger partial charge in [0.25, 0.3) is 0 Å². The van der Waals surface area contributed by atoms with Gasteiger partial charge in [0.2, 0.25) is 0 Å². The van der Waals surface area contributed by atoms with Gasteiger partial charge in [0.1, 0.15) is 10.3 Å². The van der Waals surface area contributed by atoms with Crippen LogP contribution in [0, 0.1) is 5.41 Å². The summed E-state index contributed by atoms with van der Waals surface area (Å²) in [5.74, 6) is 0. The number of carbonyl (C=O) groups excluding carboxylic acids is 1. The molecule has 5 nitrogen and oxygen atoms in total. The molecule has 1 aliphatic heterocycles. The summed E-state index contributed by atoms with van der Waals surface area (Å²) in [4.78, 5) is 13.9. The molecule has 6 heteroatoms. The van der Waals surface area contributed by atoms with E-state index in [0.29, 0.717) is 13.1 Å². The molecule has 23 heavy (non-hydrogen) atoms. The summed E-state index contributed by atoms with van der Waals surface area (Å²) < 4.78 is 20.7. The van der Waals surface area contributed by atoms with Crippen LogP contribution in [0.5, 0.6) is 0 Å². The predicted octanol–water partition coefficient (Wildman–Crippen LogP) is 3.46. The summed E-state index contributed by atoms with van der Waals surface area (Å²) in [6, 6.07) is 0.128. The highest BCUT2D eigenvalue weighted by Gasteiger charge is 2.40. The normalized spacial score (nSPS) is 21.7. The van der Waals surface area contributed by atoms with Crippen molar-refractivity contribution in [1.82, 2.24) is 9.62 Å². The molecule has 0 aliphatic carbocycles. The largest absolute Gasteiger partial charge is 0.598 e. The van der Waals surface area contributed by atoms with Gasteiger partial charge in [-0.3, -0.25) is 0 Å². The van der Waals surface area contributed by atoms with Crippen LogP contribution >= 0.6 is 0 Å². The first kappa shape index (κ1) is 20.6. The van der Waals surface area contributed by atoms with Gasteiger partial charge in [-0.25, -0.2) is 4.79 Å². The van der Waals surface area contributed by atoms with Crippen LogP contribution in [0.2, 0.25) is 0 Å². The Bertz CT molecular complexity index is 407. The van der Waals surface area contributed by atoms with E-state index in [9.17, 15) is 9.35 Å². The zero-order chi connectivity index (χ0) is 18.1. The second kappa shape index (κ2) is 7.19. The van der Waals surface area contributed by atoms with Crippen LogP contribution in [0.1, 0.15) is 68.2 Å². The highest BCUT2D eigenvalue weighted by Crippen LogP contribution is 2.35. The average molecular weight is 347 g/mol. The Morgan fingerprint density at radius 1 is 1.22 bits per heavy atom. The van der Waals surface area contributed by atoms with Gasteiger partial charge in [-0.2, -0.15) is 0 Å². The Labute approximate surface area is 144 Å². The first-order chi connectivity index (χ1) is 10.2. The number of nitrogens with zero attached hydrogens (tertiary/aromatic N) is 1. The van der Waals surface area contributed by atoms with Crippen LogP contribution in [-0.4, -0.2) is 45.0 Å². The number of likely N-dealkylation sites (tertiary alicyclic amines) is 1. The summed E-state index contributed by atoms with van der Waals surface area (Å²) in [7, 11) is 0. The van der Waals surface area contributed by atoms with Gasteiger partial charge in [-0.05, 0) is 66.7 Å². The van der Waals surface area contributed by atoms with E-state index in [4.69, 9.17) is 4.74 Å². The molecule has 1 heterocycles. The number of nitrogens with one attached hydrogen (secondary N) is 1. The summed E-state index contributed by atoms with van der Waals surface area (Å²) in [6.45, 7) is 17.2. The van der Waals surface area contributed by atoms with E-state index < -0.39 is 17.0 Å². The first-order valence-corrected chi connectivity index (χ1v) is 9.55. The Morgan fingerprint density at radius 2 is 1.70 bits per heavy atom. The molecule has 136 valence electrons. The van der Waals surface area contributed by atoms with E-state index in [1.54, 1.807) is 4.90 Å². The SMILES string of the molecule is CC(N[S@@+]([O-])C(C)(C)C)C1(C)CCN(C(=O)OC(C)(C)C)CC1. The van der Waals surface area contributed by atoms with Crippen LogP contribution in [0.4, 0.5) is 4.79 Å². The van der Waals surface area contributed by atoms with Gasteiger partial charge < -0.3 is 14.2 Å². The zero-order valence-electron chi connectivity index (χ0n) is 16.0. The molecule has 1 unspecified atom stereocenters. The maximum absolute atomic E-state index is 12.3. The molecule has 1 fully saturated rings. The van der Waals surface area contributed by atoms with Gasteiger partial charge in [0, 0.05) is 24.5 Å². The van der Waals surface area contributed by atoms with Crippen molar-refractivity contribution in [3.05, 3.63) is 0 Å². The zero-order valence-corrected chi connectivity index (χ0v) is 16.8. The van der Waals surface area contributed by atoms with Gasteiger partial charge in [-0.15, -0.1) is 4.72 Å². The second-order valence-corrected chi connectivity index (χ2v) is 10.8. The summed E-state index contributed by atoms with van der Waals surface area (Å²) in [5, 5.41) is 0. The van der Waals surface area contributed by atoms with Crippen molar-refractivity contribution in [3.8, 4) is 0 Å². The minimum absolute atomic E-state index is 0.0272. The van der Waals surface area contributed by atoms with Crippen molar-refractivity contribution in [2.24, 2.45) is 5.41 Å². The maximum Gasteiger partial charge on any atom is 0.410 e. The van der Waals surface area contributed by atoms with Crippen molar-refractivity contribution in [2.75, 3.05) is 13.1 Å². The monoisotopic (exact) mass is 346 g/mol. The highest BCUT2D eigenvalue weighted by molar-refractivity contribution is 7.90. The maximum atomic E-state index is 12.3. The molecule has 1 saturated heterocycles. The van der Waals surface area contributed by atoms with Crippen LogP contribution in [0.25, 0.3) is 0 Å². The standard InChI is InChI=1S/C17H34N2O3S/c1-13(18-23(21)16(5,6)7)17(8)9-11-19(12-10-17)14(20)22-15(2,3)4/h13,18H,9-12H2,1-8H3/t13?,23-/m0/s1. The lowest BCUT2D eigenvalue weighted by atomic mass is 9.75. The Kier molecular flexibility index (Phi) is 6.44. The van der Waals surface area contributed by atoms with Crippen molar-refractivity contribution in [1.29, 1.82) is 0 Å². The van der Waals surface area contributed by atoms with Gasteiger partial charge in [-0.1, -0.05) is 6.92 Å². The molecular weight excluding hydrogens is 312 g/mol. The molecule has 0 radical (unpaired) electrons. The Hall–Kier alpha value is -0.460. The smallest absolute Gasteiger partial charge is 0.410 e. The van der Waals surface area contributed by atoms with Gasteiger partial charge >= 0.3 is 6.09 Å². The molecule has 1 N–H and O–H groups in total. The van der Waals surface area contributed by atoms with Gasteiger partial charge in [0.05, 0.1) is 6.04 Å².